The van der Waals surface area contributed by atoms with Crippen molar-refractivity contribution in [2.24, 2.45) is 5.14 Å². The molecule has 2 heterocycles. The summed E-state index contributed by atoms with van der Waals surface area (Å²) in [5.74, 6) is -5.62. The van der Waals surface area contributed by atoms with E-state index in [4.69, 9.17) is 14.5 Å². The Morgan fingerprint density at radius 1 is 1.19 bits per heavy atom. The van der Waals surface area contributed by atoms with Gasteiger partial charge >= 0.3 is 30.9 Å². The van der Waals surface area contributed by atoms with Gasteiger partial charge in [0.15, 0.2) is 0 Å². The van der Waals surface area contributed by atoms with Gasteiger partial charge in [-0.2, -0.15) is 0 Å². The highest BCUT2D eigenvalue weighted by atomic mass is 32.2. The number of carboxylic acids is 1. The average molecular weight is 617 g/mol. The molecule has 18 heteroatoms. The van der Waals surface area contributed by atoms with E-state index in [9.17, 15) is 42.5 Å². The first kappa shape index (κ1) is 31.3. The highest BCUT2D eigenvalue weighted by molar-refractivity contribution is 7.89. The van der Waals surface area contributed by atoms with Crippen LogP contribution in [0.3, 0.4) is 0 Å². The first-order valence-electron chi connectivity index (χ1n) is 12.9. The summed E-state index contributed by atoms with van der Waals surface area (Å²) in [5, 5.41) is 30.2. The van der Waals surface area contributed by atoms with E-state index < -0.39 is 63.7 Å². The molecular formula is C25H28BN5O11S. The number of aromatic carboxylic acids is 1. The number of nitrogens with zero attached hydrogens (tertiary/aromatic N) is 2. The minimum atomic E-state index is -4.24. The predicted molar refractivity (Wildman–Crippen MR) is 147 cm³/mol. The predicted octanol–water partition coefficient (Wildman–Crippen LogP) is -1.38. The van der Waals surface area contributed by atoms with Crippen LogP contribution in [0, 0.1) is 0 Å². The quantitative estimate of drug-likeness (QED) is 0.171. The second kappa shape index (κ2) is 12.3. The Hall–Kier alpha value is -4.68. The van der Waals surface area contributed by atoms with Gasteiger partial charge in [0.2, 0.25) is 15.9 Å². The molecular weight excluding hydrogens is 589 g/mol. The topological polar surface area (TPSA) is 235 Å². The highest BCUT2D eigenvalue weighted by Gasteiger charge is 2.41. The third-order valence-corrected chi connectivity index (χ3v) is 7.92. The van der Waals surface area contributed by atoms with Gasteiger partial charge < -0.3 is 35.1 Å². The number of carbonyl (C=O) groups excluding carboxylic acids is 4. The number of rotatable bonds is 8. The number of primary sulfonamides is 1. The van der Waals surface area contributed by atoms with Gasteiger partial charge in [-0.3, -0.25) is 19.3 Å². The number of ether oxygens (including phenoxy) is 1. The molecule has 2 aromatic carbocycles. The molecule has 1 fully saturated rings. The lowest BCUT2D eigenvalue weighted by molar-refractivity contribution is -0.153. The van der Waals surface area contributed by atoms with Crippen molar-refractivity contribution in [1.29, 1.82) is 0 Å². The molecule has 0 aromatic heterocycles. The SMILES string of the molecule is CCN1CCN(C(=O)NC(C(=O)N[C@H]2Cc3cccc(C(=O)O)c3OB2O)c2ccc(S(N)(=O)=O)c(OC)c2)C(=O)C1=O. The van der Waals surface area contributed by atoms with Gasteiger partial charge in [0, 0.05) is 19.6 Å². The number of carboxylic acid groups (broad SMARTS) is 1. The number of hydrogen-bond acceptors (Lipinski definition) is 10. The summed E-state index contributed by atoms with van der Waals surface area (Å²) in [7, 11) is -4.76. The molecule has 2 atom stereocenters. The molecule has 43 heavy (non-hydrogen) atoms. The maximum absolute atomic E-state index is 13.6. The Morgan fingerprint density at radius 3 is 2.53 bits per heavy atom. The summed E-state index contributed by atoms with van der Waals surface area (Å²) in [6.45, 7) is 1.85. The Bertz CT molecular complexity index is 1600. The zero-order valence-electron chi connectivity index (χ0n) is 23.0. The zero-order valence-corrected chi connectivity index (χ0v) is 23.8. The van der Waals surface area contributed by atoms with Gasteiger partial charge in [0.05, 0.1) is 18.6 Å². The highest BCUT2D eigenvalue weighted by Crippen LogP contribution is 2.31. The number of imide groups is 1. The molecule has 0 aliphatic carbocycles. The van der Waals surface area contributed by atoms with E-state index in [1.54, 1.807) is 13.0 Å². The lowest BCUT2D eigenvalue weighted by atomic mass is 9.72. The van der Waals surface area contributed by atoms with Crippen molar-refractivity contribution in [1.82, 2.24) is 20.4 Å². The fourth-order valence-electron chi connectivity index (χ4n) is 4.75. The Labute approximate surface area is 245 Å². The molecule has 4 rings (SSSR count). The first-order valence-corrected chi connectivity index (χ1v) is 14.4. The van der Waals surface area contributed by atoms with Crippen LogP contribution in [0.5, 0.6) is 11.5 Å². The largest absolute Gasteiger partial charge is 0.547 e. The first-order chi connectivity index (χ1) is 20.3. The van der Waals surface area contributed by atoms with E-state index in [1.165, 1.54) is 23.1 Å². The van der Waals surface area contributed by atoms with Crippen molar-refractivity contribution in [2.75, 3.05) is 26.7 Å². The zero-order chi connectivity index (χ0) is 31.6. The van der Waals surface area contributed by atoms with E-state index in [2.05, 4.69) is 10.6 Å². The number of fused-ring (bicyclic) bond motifs is 1. The van der Waals surface area contributed by atoms with E-state index in [-0.39, 0.29) is 48.7 Å². The maximum Gasteiger partial charge on any atom is 0.547 e. The Balaban J connectivity index is 1.65. The van der Waals surface area contributed by atoms with Crippen molar-refractivity contribution in [3.05, 3.63) is 53.1 Å². The second-order valence-corrected chi connectivity index (χ2v) is 11.1. The van der Waals surface area contributed by atoms with E-state index >= 15 is 0 Å². The van der Waals surface area contributed by atoms with Gasteiger partial charge in [-0.05, 0) is 42.7 Å². The number of nitrogens with one attached hydrogen (secondary N) is 2. The fourth-order valence-corrected chi connectivity index (χ4v) is 5.43. The van der Waals surface area contributed by atoms with Crippen molar-refractivity contribution in [2.45, 2.75) is 30.2 Å². The number of amides is 5. The van der Waals surface area contributed by atoms with Crippen LogP contribution in [-0.4, -0.2) is 97.9 Å². The van der Waals surface area contributed by atoms with Crippen LogP contribution in [0.2, 0.25) is 0 Å². The van der Waals surface area contributed by atoms with Crippen LogP contribution < -0.4 is 25.2 Å². The Kier molecular flexibility index (Phi) is 8.93. The summed E-state index contributed by atoms with van der Waals surface area (Å²) in [4.78, 5) is 64.9. The van der Waals surface area contributed by atoms with Gasteiger partial charge in [-0.15, -0.1) is 0 Å². The number of para-hydroxylation sites is 1. The van der Waals surface area contributed by atoms with Crippen LogP contribution in [-0.2, 0) is 30.8 Å². The molecule has 16 nitrogen and oxygen atoms in total. The molecule has 2 aromatic rings. The van der Waals surface area contributed by atoms with E-state index in [1.807, 2.05) is 0 Å². The minimum Gasteiger partial charge on any atom is -0.534 e. The summed E-state index contributed by atoms with van der Waals surface area (Å²) in [6, 6.07) is 5.03. The molecule has 6 N–H and O–H groups in total. The van der Waals surface area contributed by atoms with Gasteiger partial charge in [-0.1, -0.05) is 18.2 Å². The number of hydrogen-bond donors (Lipinski definition) is 5. The normalized spacial score (nSPS) is 17.5. The van der Waals surface area contributed by atoms with Crippen LogP contribution >= 0.6 is 0 Å². The van der Waals surface area contributed by atoms with Crippen LogP contribution in [0.25, 0.3) is 0 Å². The number of sulfonamides is 1. The standard InChI is InChI=1S/C25H28BN5O11S/c1-3-30-9-10-31(23(34)22(30)33)25(37)29-19(13-7-8-17(43(27,39)40)16(11-13)41-2)21(32)28-18-12-14-5-4-6-15(24(35)36)20(14)42-26(18)38/h4-8,11,18-19,38H,3,9-10,12H2,1-2H3,(H,28,32)(H,29,37)(H,35,36)(H2,27,39,40)/t18-,19?/m0/s1. The summed E-state index contributed by atoms with van der Waals surface area (Å²) in [5.41, 5.74) is 0.199. The molecule has 2 aliphatic heterocycles. The molecule has 1 saturated heterocycles. The summed E-state index contributed by atoms with van der Waals surface area (Å²) in [6.07, 6.45) is -0.0519. The third kappa shape index (κ3) is 6.40. The number of likely N-dealkylation sites (N-methyl/N-ethyl adjacent to an activating group) is 1. The number of piperazine rings is 1. The van der Waals surface area contributed by atoms with E-state index in [0.717, 1.165) is 19.2 Å². The molecule has 0 saturated carbocycles. The van der Waals surface area contributed by atoms with Crippen LogP contribution in [0.4, 0.5) is 4.79 Å². The molecule has 228 valence electrons. The number of methoxy groups -OCH3 is 1. The molecule has 0 bridgehead atoms. The molecule has 5 amide bonds. The minimum absolute atomic E-state index is 0.000788. The second-order valence-electron chi connectivity index (χ2n) is 9.61. The lowest BCUT2D eigenvalue weighted by Gasteiger charge is -2.33. The number of urea groups is 1. The average Bonchev–Trinajstić information content (AvgIpc) is 2.96. The van der Waals surface area contributed by atoms with Gasteiger partial charge in [0.1, 0.15) is 22.4 Å². The molecule has 2 aliphatic rings. The number of nitrogens with two attached hydrogens (primary N) is 1. The Morgan fingerprint density at radius 2 is 1.91 bits per heavy atom. The van der Waals surface area contributed by atoms with Gasteiger partial charge in [0.25, 0.3) is 0 Å². The monoisotopic (exact) mass is 617 g/mol. The molecule has 0 spiro atoms. The fraction of sp³-hybridized carbons (Fsp3) is 0.320. The number of benzene rings is 2. The molecule has 0 radical (unpaired) electrons. The van der Waals surface area contributed by atoms with Crippen molar-refractivity contribution < 1.29 is 51.9 Å². The van der Waals surface area contributed by atoms with Crippen LogP contribution in [0.1, 0.15) is 34.5 Å². The third-order valence-electron chi connectivity index (χ3n) is 6.97. The summed E-state index contributed by atoms with van der Waals surface area (Å²) < 4.78 is 34.5. The van der Waals surface area contributed by atoms with Crippen molar-refractivity contribution in [3.63, 3.8) is 0 Å². The lowest BCUT2D eigenvalue weighted by Crippen LogP contribution is -2.60. The van der Waals surface area contributed by atoms with Crippen molar-refractivity contribution in [3.8, 4) is 11.5 Å². The van der Waals surface area contributed by atoms with E-state index in [0.29, 0.717) is 10.5 Å². The van der Waals surface area contributed by atoms with Crippen LogP contribution in [0.15, 0.2) is 41.3 Å². The smallest absolute Gasteiger partial charge is 0.534 e. The summed E-state index contributed by atoms with van der Waals surface area (Å²) >= 11 is 0. The number of carbonyl (C=O) groups is 5. The van der Waals surface area contributed by atoms with Gasteiger partial charge in [-0.25, -0.2) is 23.1 Å². The maximum atomic E-state index is 13.6. The van der Waals surface area contributed by atoms with Crippen molar-refractivity contribution >= 4 is 46.9 Å². The molecule has 1 unspecified atom stereocenters.